The van der Waals surface area contributed by atoms with Gasteiger partial charge < -0.3 is 9.64 Å². The number of aryl methyl sites for hydroxylation is 1. The predicted molar refractivity (Wildman–Crippen MR) is 71.7 cm³/mol. The van der Waals surface area contributed by atoms with Crippen LogP contribution in [0.4, 0.5) is 10.2 Å². The van der Waals surface area contributed by atoms with Crippen molar-refractivity contribution in [3.05, 3.63) is 17.8 Å². The van der Waals surface area contributed by atoms with Crippen LogP contribution in [0.5, 0.6) is 0 Å². The first-order valence-corrected chi connectivity index (χ1v) is 7.23. The summed E-state index contributed by atoms with van der Waals surface area (Å²) >= 11 is 3.41. The molecule has 2 rings (SSSR count). The molecule has 0 radical (unpaired) electrons. The Morgan fingerprint density at radius 3 is 2.94 bits per heavy atom. The number of nitrogens with zero attached hydrogens (tertiary/aromatic N) is 3. The molecule has 4 nitrogen and oxygen atoms in total. The smallest absolute Gasteiger partial charge is 0.187 e. The van der Waals surface area contributed by atoms with E-state index in [1.807, 2.05) is 18.7 Å². The molecule has 1 fully saturated rings. The van der Waals surface area contributed by atoms with Gasteiger partial charge in [0.05, 0.1) is 17.9 Å². The average Bonchev–Trinajstić information content (AvgIpc) is 2.38. The summed E-state index contributed by atoms with van der Waals surface area (Å²) < 4.78 is 19.9. The Kier molecular flexibility index (Phi) is 4.50. The molecule has 0 N–H and O–H groups in total. The maximum atomic E-state index is 14.2. The van der Waals surface area contributed by atoms with Gasteiger partial charge in [0.2, 0.25) is 0 Å². The van der Waals surface area contributed by atoms with E-state index in [0.29, 0.717) is 31.0 Å². The van der Waals surface area contributed by atoms with Gasteiger partial charge in [-0.05, 0) is 13.3 Å². The van der Waals surface area contributed by atoms with Crippen molar-refractivity contribution in [3.63, 3.8) is 0 Å². The number of hydrogen-bond donors (Lipinski definition) is 0. The Hall–Kier alpha value is -0.750. The van der Waals surface area contributed by atoms with Crippen LogP contribution in [0.2, 0.25) is 0 Å². The summed E-state index contributed by atoms with van der Waals surface area (Å²) in [4.78, 5) is 9.98. The second-order valence-corrected chi connectivity index (χ2v) is 5.09. The van der Waals surface area contributed by atoms with Crippen molar-refractivity contribution < 1.29 is 9.13 Å². The molecule has 100 valence electrons. The van der Waals surface area contributed by atoms with Crippen LogP contribution in [0.15, 0.2) is 6.33 Å². The van der Waals surface area contributed by atoms with Crippen LogP contribution in [-0.2, 0) is 11.2 Å². The number of ether oxygens (including phenoxy) is 1. The standard InChI is InChI=1S/C12H17BrFN3O/c1-3-10-11(14)12(16-7-15-10)17-5-8(2)18-9(4-13)6-17/h7-9H,3-6H2,1-2H3. The van der Waals surface area contributed by atoms with Gasteiger partial charge >= 0.3 is 0 Å². The summed E-state index contributed by atoms with van der Waals surface area (Å²) in [5.74, 6) is 0.0883. The van der Waals surface area contributed by atoms with E-state index in [1.165, 1.54) is 6.33 Å². The van der Waals surface area contributed by atoms with Crippen LogP contribution >= 0.6 is 15.9 Å². The molecule has 1 aliphatic rings. The molecule has 1 aliphatic heterocycles. The lowest BCUT2D eigenvalue weighted by molar-refractivity contribution is -0.00244. The lowest BCUT2D eigenvalue weighted by atomic mass is 10.2. The van der Waals surface area contributed by atoms with Crippen LogP contribution in [0.1, 0.15) is 19.5 Å². The molecule has 0 aliphatic carbocycles. The first kappa shape index (κ1) is 13.7. The van der Waals surface area contributed by atoms with E-state index in [0.717, 1.165) is 5.33 Å². The van der Waals surface area contributed by atoms with Gasteiger partial charge in [0, 0.05) is 18.4 Å². The summed E-state index contributed by atoms with van der Waals surface area (Å²) in [5.41, 5.74) is 0.467. The molecule has 0 saturated carbocycles. The van der Waals surface area contributed by atoms with E-state index in [1.54, 1.807) is 0 Å². The second kappa shape index (κ2) is 5.93. The molecule has 0 spiro atoms. The molecule has 1 saturated heterocycles. The molecular weight excluding hydrogens is 301 g/mol. The maximum absolute atomic E-state index is 14.2. The van der Waals surface area contributed by atoms with Crippen molar-refractivity contribution in [1.82, 2.24) is 9.97 Å². The number of aromatic nitrogens is 2. The molecule has 0 bridgehead atoms. The topological polar surface area (TPSA) is 38.2 Å². The van der Waals surface area contributed by atoms with Crippen molar-refractivity contribution in [3.8, 4) is 0 Å². The highest BCUT2D eigenvalue weighted by Gasteiger charge is 2.27. The van der Waals surface area contributed by atoms with Crippen molar-refractivity contribution in [2.75, 3.05) is 23.3 Å². The van der Waals surface area contributed by atoms with Crippen LogP contribution in [0, 0.1) is 5.82 Å². The van der Waals surface area contributed by atoms with E-state index in [-0.39, 0.29) is 18.0 Å². The summed E-state index contributed by atoms with van der Waals surface area (Å²) in [6.45, 7) is 5.17. The zero-order valence-electron chi connectivity index (χ0n) is 10.6. The molecule has 2 atom stereocenters. The van der Waals surface area contributed by atoms with Crippen LogP contribution in [0.25, 0.3) is 0 Å². The van der Waals surface area contributed by atoms with E-state index in [9.17, 15) is 4.39 Å². The maximum Gasteiger partial charge on any atom is 0.187 e. The minimum Gasteiger partial charge on any atom is -0.371 e. The number of hydrogen-bond acceptors (Lipinski definition) is 4. The summed E-state index contributed by atoms with van der Waals surface area (Å²) in [6.07, 6.45) is 2.14. The average molecular weight is 318 g/mol. The monoisotopic (exact) mass is 317 g/mol. The van der Waals surface area contributed by atoms with Gasteiger partial charge in [-0.1, -0.05) is 22.9 Å². The Balaban J connectivity index is 2.25. The third-order valence-electron chi connectivity index (χ3n) is 2.98. The SMILES string of the molecule is CCc1ncnc(N2CC(C)OC(CBr)C2)c1F. The number of halogens is 2. The number of rotatable bonds is 3. The molecule has 1 aromatic rings. The molecule has 1 aromatic heterocycles. The predicted octanol–water partition coefficient (Wildman–Crippen LogP) is 2.17. The number of anilines is 1. The fourth-order valence-corrected chi connectivity index (χ4v) is 2.52. The molecule has 0 amide bonds. The van der Waals surface area contributed by atoms with Crippen LogP contribution in [0.3, 0.4) is 0 Å². The Morgan fingerprint density at radius 2 is 2.28 bits per heavy atom. The normalized spacial score (nSPS) is 24.3. The number of morpholine rings is 1. The van der Waals surface area contributed by atoms with Gasteiger partial charge in [0.1, 0.15) is 6.33 Å². The molecule has 2 unspecified atom stereocenters. The van der Waals surface area contributed by atoms with Crippen molar-refractivity contribution in [2.45, 2.75) is 32.5 Å². The quantitative estimate of drug-likeness (QED) is 0.801. The summed E-state index contributed by atoms with van der Waals surface area (Å²) in [6, 6.07) is 0. The van der Waals surface area contributed by atoms with E-state index >= 15 is 0 Å². The molecule has 2 heterocycles. The molecular formula is C12H17BrFN3O. The van der Waals surface area contributed by atoms with Gasteiger partial charge in [-0.15, -0.1) is 0 Å². The second-order valence-electron chi connectivity index (χ2n) is 4.44. The summed E-state index contributed by atoms with van der Waals surface area (Å²) in [7, 11) is 0. The van der Waals surface area contributed by atoms with Gasteiger partial charge in [-0.3, -0.25) is 0 Å². The van der Waals surface area contributed by atoms with Gasteiger partial charge in [0.25, 0.3) is 0 Å². The lowest BCUT2D eigenvalue weighted by Crippen LogP contribution is -2.48. The van der Waals surface area contributed by atoms with Crippen LogP contribution < -0.4 is 4.90 Å². The van der Waals surface area contributed by atoms with Crippen LogP contribution in [-0.4, -0.2) is 40.6 Å². The molecule has 0 aromatic carbocycles. The van der Waals surface area contributed by atoms with Crippen molar-refractivity contribution >= 4 is 21.7 Å². The lowest BCUT2D eigenvalue weighted by Gasteiger charge is -2.37. The molecule has 6 heteroatoms. The Bertz CT molecular complexity index is 418. The number of alkyl halides is 1. The molecule has 18 heavy (non-hydrogen) atoms. The first-order chi connectivity index (χ1) is 8.65. The Labute approximate surface area is 115 Å². The fourth-order valence-electron chi connectivity index (χ4n) is 2.17. The minimum absolute atomic E-state index is 0.0631. The first-order valence-electron chi connectivity index (χ1n) is 6.11. The highest BCUT2D eigenvalue weighted by atomic mass is 79.9. The summed E-state index contributed by atoms with van der Waals surface area (Å²) in [5, 5.41) is 0.737. The van der Waals surface area contributed by atoms with Gasteiger partial charge in [-0.25, -0.2) is 14.4 Å². The van der Waals surface area contributed by atoms with Gasteiger partial charge in [0.15, 0.2) is 11.6 Å². The minimum atomic E-state index is -0.303. The third-order valence-corrected chi connectivity index (χ3v) is 3.70. The van der Waals surface area contributed by atoms with Crippen molar-refractivity contribution in [2.24, 2.45) is 0 Å². The highest BCUT2D eigenvalue weighted by molar-refractivity contribution is 9.09. The van der Waals surface area contributed by atoms with E-state index in [4.69, 9.17) is 4.74 Å². The zero-order chi connectivity index (χ0) is 13.1. The zero-order valence-corrected chi connectivity index (χ0v) is 12.2. The Morgan fingerprint density at radius 1 is 1.50 bits per heavy atom. The van der Waals surface area contributed by atoms with Crippen molar-refractivity contribution in [1.29, 1.82) is 0 Å². The largest absolute Gasteiger partial charge is 0.371 e. The highest BCUT2D eigenvalue weighted by Crippen LogP contribution is 2.23. The van der Waals surface area contributed by atoms with Gasteiger partial charge in [-0.2, -0.15) is 0 Å². The fraction of sp³-hybridized carbons (Fsp3) is 0.667. The van der Waals surface area contributed by atoms with E-state index in [2.05, 4.69) is 25.9 Å². The van der Waals surface area contributed by atoms with E-state index < -0.39 is 0 Å². The third kappa shape index (κ3) is 2.80.